The normalized spacial score (nSPS) is 15.2. The van der Waals surface area contributed by atoms with Gasteiger partial charge < -0.3 is 10.6 Å². The Morgan fingerprint density at radius 3 is 2.95 bits per heavy atom. The van der Waals surface area contributed by atoms with E-state index in [9.17, 15) is 14.9 Å². The molecule has 1 aromatic carbocycles. The number of benzene rings is 1. The van der Waals surface area contributed by atoms with E-state index in [2.05, 4.69) is 0 Å². The highest BCUT2D eigenvalue weighted by Gasteiger charge is 2.26. The molecule has 0 aromatic heterocycles. The number of nitro benzene ring substituents is 1. The average molecular weight is 263 g/mol. The molecule has 0 aliphatic carbocycles. The highest BCUT2D eigenvalue weighted by atomic mass is 16.6. The molecule has 0 saturated carbocycles. The molecule has 2 rings (SSSR count). The third-order valence-corrected chi connectivity index (χ3v) is 3.29. The molecule has 0 radical (unpaired) electrons. The topological polar surface area (TPSA) is 89.5 Å². The number of nitrogens with zero attached hydrogens (tertiary/aromatic N) is 2. The average Bonchev–Trinajstić information content (AvgIpc) is 2.78. The van der Waals surface area contributed by atoms with Gasteiger partial charge in [-0.3, -0.25) is 14.9 Å². The van der Waals surface area contributed by atoms with Gasteiger partial charge in [-0.1, -0.05) is 6.07 Å². The van der Waals surface area contributed by atoms with Crippen molar-refractivity contribution in [2.45, 2.75) is 32.2 Å². The Labute approximate surface area is 111 Å². The molecule has 2 N–H and O–H groups in total. The smallest absolute Gasteiger partial charge is 0.271 e. The van der Waals surface area contributed by atoms with Crippen LogP contribution in [0.3, 0.4) is 0 Å². The number of non-ortho nitro benzene ring substituents is 1. The molecular formula is C13H17N3O3. The van der Waals surface area contributed by atoms with Crippen LogP contribution < -0.4 is 10.6 Å². The Morgan fingerprint density at radius 2 is 2.32 bits per heavy atom. The number of carbonyl (C=O) groups is 1. The van der Waals surface area contributed by atoms with E-state index in [-0.39, 0.29) is 17.6 Å². The predicted octanol–water partition coefficient (Wildman–Crippen LogP) is 1.61. The van der Waals surface area contributed by atoms with Crippen LogP contribution in [0.1, 0.15) is 25.3 Å². The van der Waals surface area contributed by atoms with E-state index in [1.54, 1.807) is 11.0 Å². The van der Waals surface area contributed by atoms with Crippen molar-refractivity contribution in [3.63, 3.8) is 0 Å². The Morgan fingerprint density at radius 1 is 1.58 bits per heavy atom. The molecule has 19 heavy (non-hydrogen) atoms. The van der Waals surface area contributed by atoms with Gasteiger partial charge in [0.05, 0.1) is 10.6 Å². The van der Waals surface area contributed by atoms with Gasteiger partial charge >= 0.3 is 0 Å². The van der Waals surface area contributed by atoms with Crippen molar-refractivity contribution in [1.29, 1.82) is 0 Å². The van der Waals surface area contributed by atoms with E-state index in [1.807, 2.05) is 6.92 Å². The summed E-state index contributed by atoms with van der Waals surface area (Å²) in [4.78, 5) is 24.1. The molecule has 1 aliphatic rings. The van der Waals surface area contributed by atoms with Crippen molar-refractivity contribution in [2.24, 2.45) is 5.73 Å². The molecule has 1 atom stereocenters. The minimum atomic E-state index is -0.441. The summed E-state index contributed by atoms with van der Waals surface area (Å²) in [7, 11) is 0. The summed E-state index contributed by atoms with van der Waals surface area (Å²) in [5.74, 6) is -0.0171. The third kappa shape index (κ3) is 2.90. The van der Waals surface area contributed by atoms with Crippen LogP contribution in [0.25, 0.3) is 0 Å². The monoisotopic (exact) mass is 263 g/mol. The minimum absolute atomic E-state index is 0.0171. The van der Waals surface area contributed by atoms with Gasteiger partial charge in [0.1, 0.15) is 0 Å². The van der Waals surface area contributed by atoms with Crippen molar-refractivity contribution in [1.82, 2.24) is 0 Å². The zero-order valence-corrected chi connectivity index (χ0v) is 10.8. The fraction of sp³-hybridized carbons (Fsp3) is 0.462. The van der Waals surface area contributed by atoms with E-state index in [4.69, 9.17) is 5.73 Å². The molecule has 1 unspecified atom stereocenters. The molecule has 1 aliphatic heterocycles. The van der Waals surface area contributed by atoms with Crippen LogP contribution in [0.15, 0.2) is 18.2 Å². The number of anilines is 1. The zero-order valence-electron chi connectivity index (χ0n) is 10.8. The van der Waals surface area contributed by atoms with Crippen LogP contribution in [-0.4, -0.2) is 23.4 Å². The maximum absolute atomic E-state index is 12.1. The number of amides is 1. The van der Waals surface area contributed by atoms with E-state index in [0.717, 1.165) is 12.0 Å². The lowest BCUT2D eigenvalue weighted by Crippen LogP contribution is -2.30. The van der Waals surface area contributed by atoms with E-state index >= 15 is 0 Å². The molecule has 0 bridgehead atoms. The summed E-state index contributed by atoms with van der Waals surface area (Å²) in [5, 5.41) is 10.8. The maximum atomic E-state index is 12.1. The summed E-state index contributed by atoms with van der Waals surface area (Å²) >= 11 is 0. The first kappa shape index (κ1) is 13.5. The van der Waals surface area contributed by atoms with Gasteiger partial charge in [-0.05, 0) is 25.3 Å². The molecule has 102 valence electrons. The molecule has 1 aromatic rings. The van der Waals surface area contributed by atoms with Gasteiger partial charge in [0.15, 0.2) is 0 Å². The van der Waals surface area contributed by atoms with Gasteiger partial charge in [-0.15, -0.1) is 0 Å². The van der Waals surface area contributed by atoms with Crippen molar-refractivity contribution < 1.29 is 9.72 Å². The van der Waals surface area contributed by atoms with E-state index in [0.29, 0.717) is 25.1 Å². The molecule has 0 spiro atoms. The number of hydrogen-bond donors (Lipinski definition) is 1. The highest BCUT2D eigenvalue weighted by Crippen LogP contribution is 2.32. The van der Waals surface area contributed by atoms with Gasteiger partial charge in [0.25, 0.3) is 5.69 Å². The standard InChI is InChI=1S/C13H17N3O3/c1-9(14)2-5-13(17)15-7-6-10-3-4-11(16(18)19)8-12(10)15/h3-4,8-9H,2,5-7,14H2,1H3. The van der Waals surface area contributed by atoms with Crippen molar-refractivity contribution in [3.8, 4) is 0 Å². The minimum Gasteiger partial charge on any atom is -0.328 e. The van der Waals surface area contributed by atoms with Crippen LogP contribution >= 0.6 is 0 Å². The second-order valence-electron chi connectivity index (χ2n) is 4.88. The zero-order chi connectivity index (χ0) is 14.0. The van der Waals surface area contributed by atoms with Gasteiger partial charge in [0.2, 0.25) is 5.91 Å². The molecule has 1 heterocycles. The number of hydrogen-bond acceptors (Lipinski definition) is 4. The highest BCUT2D eigenvalue weighted by molar-refractivity contribution is 5.95. The summed E-state index contributed by atoms with van der Waals surface area (Å²) in [5.41, 5.74) is 7.31. The van der Waals surface area contributed by atoms with E-state index < -0.39 is 4.92 Å². The van der Waals surface area contributed by atoms with Gasteiger partial charge in [-0.25, -0.2) is 0 Å². The van der Waals surface area contributed by atoms with Crippen LogP contribution in [0, 0.1) is 10.1 Å². The third-order valence-electron chi connectivity index (χ3n) is 3.29. The number of fused-ring (bicyclic) bond motifs is 1. The molecule has 0 fully saturated rings. The fourth-order valence-corrected chi connectivity index (χ4v) is 2.23. The first-order valence-corrected chi connectivity index (χ1v) is 6.32. The molecule has 6 heteroatoms. The second kappa shape index (κ2) is 5.36. The lowest BCUT2D eigenvalue weighted by atomic mass is 10.1. The van der Waals surface area contributed by atoms with Crippen molar-refractivity contribution in [3.05, 3.63) is 33.9 Å². The summed E-state index contributed by atoms with van der Waals surface area (Å²) < 4.78 is 0. The molecule has 1 amide bonds. The summed E-state index contributed by atoms with van der Waals surface area (Å²) in [6, 6.07) is 4.67. The van der Waals surface area contributed by atoms with Crippen molar-refractivity contribution in [2.75, 3.05) is 11.4 Å². The molecule has 0 saturated heterocycles. The van der Waals surface area contributed by atoms with Gasteiger partial charge in [-0.2, -0.15) is 0 Å². The summed E-state index contributed by atoms with van der Waals surface area (Å²) in [6.07, 6.45) is 1.75. The number of rotatable bonds is 4. The largest absolute Gasteiger partial charge is 0.328 e. The molecule has 6 nitrogen and oxygen atoms in total. The van der Waals surface area contributed by atoms with Gasteiger partial charge in [0, 0.05) is 31.1 Å². The summed E-state index contributed by atoms with van der Waals surface area (Å²) in [6.45, 7) is 2.45. The Bertz CT molecular complexity index is 514. The lowest BCUT2D eigenvalue weighted by molar-refractivity contribution is -0.384. The fourth-order valence-electron chi connectivity index (χ4n) is 2.23. The molecular weight excluding hydrogens is 246 g/mol. The van der Waals surface area contributed by atoms with Crippen LogP contribution in [-0.2, 0) is 11.2 Å². The number of nitro groups is 1. The number of carbonyl (C=O) groups excluding carboxylic acids is 1. The van der Waals surface area contributed by atoms with Crippen LogP contribution in [0.4, 0.5) is 11.4 Å². The quantitative estimate of drug-likeness (QED) is 0.660. The predicted molar refractivity (Wildman–Crippen MR) is 72.0 cm³/mol. The Balaban J connectivity index is 2.18. The maximum Gasteiger partial charge on any atom is 0.271 e. The number of nitrogens with two attached hydrogens (primary N) is 1. The lowest BCUT2D eigenvalue weighted by Gasteiger charge is -2.17. The van der Waals surface area contributed by atoms with Crippen LogP contribution in [0.5, 0.6) is 0 Å². The van der Waals surface area contributed by atoms with E-state index in [1.165, 1.54) is 12.1 Å². The first-order chi connectivity index (χ1) is 8.99. The second-order valence-corrected chi connectivity index (χ2v) is 4.88. The Kier molecular flexibility index (Phi) is 3.80. The van der Waals surface area contributed by atoms with Crippen molar-refractivity contribution >= 4 is 17.3 Å². The van der Waals surface area contributed by atoms with Crippen LogP contribution in [0.2, 0.25) is 0 Å². The SMILES string of the molecule is CC(N)CCC(=O)N1CCc2ccc([N+](=O)[O-])cc21. The first-order valence-electron chi connectivity index (χ1n) is 6.32. The Hall–Kier alpha value is -1.95.